The minimum Gasteiger partial charge on any atom is -0.322 e. The molecule has 0 aliphatic rings. The molecular weight excluding hydrogens is 234 g/mol. The maximum absolute atomic E-state index is 4.68. The van der Waals surface area contributed by atoms with Crippen LogP contribution in [0, 0.1) is 6.92 Å². The van der Waals surface area contributed by atoms with Crippen LogP contribution in [0.25, 0.3) is 11.0 Å². The average molecular weight is 251 g/mol. The van der Waals surface area contributed by atoms with E-state index in [0.717, 1.165) is 35.7 Å². The molecule has 0 bridgehead atoms. The number of imidazole rings is 1. The normalized spacial score (nSPS) is 11.1. The molecule has 2 aromatic heterocycles. The number of rotatable bonds is 3. The molecule has 0 N–H and O–H groups in total. The third-order valence-corrected chi connectivity index (χ3v) is 3.32. The zero-order valence-electron chi connectivity index (χ0n) is 11.3. The van der Waals surface area contributed by atoms with Gasteiger partial charge < -0.3 is 4.57 Å². The molecule has 0 aliphatic carbocycles. The Labute approximate surface area is 112 Å². The molecule has 0 amide bonds. The van der Waals surface area contributed by atoms with Gasteiger partial charge in [0.1, 0.15) is 5.82 Å². The molecule has 0 unspecified atom stereocenters. The van der Waals surface area contributed by atoms with Crippen LogP contribution in [0.5, 0.6) is 0 Å². The maximum atomic E-state index is 4.68. The van der Waals surface area contributed by atoms with Crippen LogP contribution in [-0.4, -0.2) is 14.5 Å². The monoisotopic (exact) mass is 251 g/mol. The van der Waals surface area contributed by atoms with Crippen molar-refractivity contribution in [2.45, 2.75) is 26.8 Å². The molecule has 3 rings (SSSR count). The fraction of sp³-hybridized carbons (Fsp3) is 0.250. The summed E-state index contributed by atoms with van der Waals surface area (Å²) in [4.78, 5) is 9.27. The Morgan fingerprint density at radius 2 is 1.84 bits per heavy atom. The van der Waals surface area contributed by atoms with E-state index in [1.54, 1.807) is 0 Å². The number of fused-ring (bicyclic) bond motifs is 1. The van der Waals surface area contributed by atoms with E-state index in [4.69, 9.17) is 0 Å². The highest BCUT2D eigenvalue weighted by atomic mass is 15.1. The van der Waals surface area contributed by atoms with Crippen LogP contribution < -0.4 is 0 Å². The van der Waals surface area contributed by atoms with Crippen molar-refractivity contribution in [3.63, 3.8) is 0 Å². The third-order valence-electron chi connectivity index (χ3n) is 3.32. The summed E-state index contributed by atoms with van der Waals surface area (Å²) in [6.07, 6.45) is 0.931. The molecule has 0 fully saturated rings. The molecule has 0 saturated heterocycles. The van der Waals surface area contributed by atoms with Gasteiger partial charge in [0.05, 0.1) is 23.3 Å². The van der Waals surface area contributed by atoms with Crippen molar-refractivity contribution in [2.75, 3.05) is 0 Å². The van der Waals surface area contributed by atoms with Crippen molar-refractivity contribution in [3.05, 3.63) is 59.7 Å². The second-order valence-corrected chi connectivity index (χ2v) is 4.73. The van der Waals surface area contributed by atoms with E-state index >= 15 is 0 Å². The zero-order chi connectivity index (χ0) is 13.2. The molecule has 0 spiro atoms. The van der Waals surface area contributed by atoms with Crippen LogP contribution in [-0.2, 0) is 13.0 Å². The SMILES string of the molecule is CCc1nc2ccccc2n1Cc1cccc(C)n1. The summed E-state index contributed by atoms with van der Waals surface area (Å²) in [7, 11) is 0. The molecular formula is C16H17N3. The lowest BCUT2D eigenvalue weighted by molar-refractivity contribution is 0.734. The molecule has 0 radical (unpaired) electrons. The molecule has 3 heteroatoms. The molecule has 3 aromatic rings. The molecule has 3 nitrogen and oxygen atoms in total. The van der Waals surface area contributed by atoms with Gasteiger partial charge in [0.15, 0.2) is 0 Å². The second kappa shape index (κ2) is 4.84. The zero-order valence-corrected chi connectivity index (χ0v) is 11.3. The highest BCUT2D eigenvalue weighted by Gasteiger charge is 2.09. The number of pyridine rings is 1. The molecule has 0 saturated carbocycles. The number of benzene rings is 1. The Hall–Kier alpha value is -2.16. The van der Waals surface area contributed by atoms with Crippen molar-refractivity contribution < 1.29 is 0 Å². The third kappa shape index (κ3) is 2.24. The Kier molecular flexibility index (Phi) is 3.03. The number of aromatic nitrogens is 3. The van der Waals surface area contributed by atoms with Gasteiger partial charge in [0, 0.05) is 12.1 Å². The Morgan fingerprint density at radius 1 is 1.00 bits per heavy atom. The van der Waals surface area contributed by atoms with E-state index in [2.05, 4.69) is 51.8 Å². The fourth-order valence-electron chi connectivity index (χ4n) is 2.42. The topological polar surface area (TPSA) is 30.7 Å². The largest absolute Gasteiger partial charge is 0.322 e. The first-order valence-corrected chi connectivity index (χ1v) is 6.64. The van der Waals surface area contributed by atoms with Crippen molar-refractivity contribution in [3.8, 4) is 0 Å². The Bertz CT molecular complexity index is 713. The molecule has 2 heterocycles. The second-order valence-electron chi connectivity index (χ2n) is 4.73. The summed E-state index contributed by atoms with van der Waals surface area (Å²) in [5.74, 6) is 1.12. The summed E-state index contributed by atoms with van der Waals surface area (Å²) in [5, 5.41) is 0. The molecule has 0 aliphatic heterocycles. The summed E-state index contributed by atoms with van der Waals surface area (Å²) >= 11 is 0. The number of hydrogen-bond acceptors (Lipinski definition) is 2. The average Bonchev–Trinajstić information content (AvgIpc) is 2.77. The summed E-state index contributed by atoms with van der Waals surface area (Å²) < 4.78 is 2.26. The number of para-hydroxylation sites is 2. The van der Waals surface area contributed by atoms with Gasteiger partial charge >= 0.3 is 0 Å². The van der Waals surface area contributed by atoms with Crippen LogP contribution in [0.3, 0.4) is 0 Å². The van der Waals surface area contributed by atoms with Gasteiger partial charge in [-0.2, -0.15) is 0 Å². The fourth-order valence-corrected chi connectivity index (χ4v) is 2.42. The quantitative estimate of drug-likeness (QED) is 0.714. The number of hydrogen-bond donors (Lipinski definition) is 0. The van der Waals surface area contributed by atoms with Crippen molar-refractivity contribution in [2.24, 2.45) is 0 Å². The van der Waals surface area contributed by atoms with Crippen molar-refractivity contribution in [1.29, 1.82) is 0 Å². The number of aryl methyl sites for hydroxylation is 2. The summed E-state index contributed by atoms with van der Waals surface area (Å²) in [6.45, 7) is 4.95. The molecule has 0 atom stereocenters. The summed E-state index contributed by atoms with van der Waals surface area (Å²) in [5.41, 5.74) is 4.38. The van der Waals surface area contributed by atoms with Crippen LogP contribution in [0.4, 0.5) is 0 Å². The predicted octanol–water partition coefficient (Wildman–Crippen LogP) is 3.35. The van der Waals surface area contributed by atoms with Gasteiger partial charge in [-0.25, -0.2) is 4.98 Å². The van der Waals surface area contributed by atoms with Gasteiger partial charge in [0.2, 0.25) is 0 Å². The van der Waals surface area contributed by atoms with Gasteiger partial charge in [0.25, 0.3) is 0 Å². The Balaban J connectivity index is 2.08. The Morgan fingerprint density at radius 3 is 2.63 bits per heavy atom. The van der Waals surface area contributed by atoms with E-state index in [0.29, 0.717) is 0 Å². The number of nitrogens with zero attached hydrogens (tertiary/aromatic N) is 3. The predicted molar refractivity (Wildman–Crippen MR) is 77.2 cm³/mol. The van der Waals surface area contributed by atoms with E-state index in [9.17, 15) is 0 Å². The lowest BCUT2D eigenvalue weighted by atomic mass is 10.3. The lowest BCUT2D eigenvalue weighted by Gasteiger charge is -2.08. The van der Waals surface area contributed by atoms with Crippen LogP contribution in [0.1, 0.15) is 24.1 Å². The van der Waals surface area contributed by atoms with E-state index in [1.807, 2.05) is 19.1 Å². The standard InChI is InChI=1S/C16H17N3/c1-3-16-18-14-9-4-5-10-15(14)19(16)11-13-8-6-7-12(2)17-13/h4-10H,3,11H2,1-2H3. The van der Waals surface area contributed by atoms with Gasteiger partial charge in [-0.3, -0.25) is 4.98 Å². The molecule has 19 heavy (non-hydrogen) atoms. The van der Waals surface area contributed by atoms with Crippen molar-refractivity contribution in [1.82, 2.24) is 14.5 Å². The van der Waals surface area contributed by atoms with Crippen LogP contribution >= 0.6 is 0 Å². The van der Waals surface area contributed by atoms with Crippen molar-refractivity contribution >= 4 is 11.0 Å². The van der Waals surface area contributed by atoms with Crippen LogP contribution in [0.15, 0.2) is 42.5 Å². The minimum absolute atomic E-state index is 0.783. The first-order valence-electron chi connectivity index (χ1n) is 6.64. The van der Waals surface area contributed by atoms with E-state index in [-0.39, 0.29) is 0 Å². The van der Waals surface area contributed by atoms with E-state index < -0.39 is 0 Å². The van der Waals surface area contributed by atoms with Crippen LogP contribution in [0.2, 0.25) is 0 Å². The molecule has 96 valence electrons. The maximum Gasteiger partial charge on any atom is 0.109 e. The smallest absolute Gasteiger partial charge is 0.109 e. The van der Waals surface area contributed by atoms with Gasteiger partial charge in [-0.05, 0) is 31.2 Å². The van der Waals surface area contributed by atoms with Gasteiger partial charge in [-0.15, -0.1) is 0 Å². The van der Waals surface area contributed by atoms with E-state index in [1.165, 1.54) is 5.52 Å². The summed E-state index contributed by atoms with van der Waals surface area (Å²) in [6, 6.07) is 14.4. The minimum atomic E-state index is 0.783. The molecule has 1 aromatic carbocycles. The van der Waals surface area contributed by atoms with Gasteiger partial charge in [-0.1, -0.05) is 25.1 Å². The lowest BCUT2D eigenvalue weighted by Crippen LogP contribution is -2.06. The highest BCUT2D eigenvalue weighted by molar-refractivity contribution is 5.76. The first-order chi connectivity index (χ1) is 9.28. The highest BCUT2D eigenvalue weighted by Crippen LogP contribution is 2.17. The first kappa shape index (κ1) is 11.9.